The van der Waals surface area contributed by atoms with Gasteiger partial charge in [0, 0.05) is 5.54 Å². The lowest BCUT2D eigenvalue weighted by Crippen LogP contribution is -2.42. The van der Waals surface area contributed by atoms with Crippen LogP contribution >= 0.6 is 0 Å². The van der Waals surface area contributed by atoms with Gasteiger partial charge in [0.2, 0.25) is 10.1 Å². The zero-order chi connectivity index (χ0) is 15.5. The highest BCUT2D eigenvalue weighted by Gasteiger charge is 2.28. The number of nitrogens with one attached hydrogen (secondary N) is 1. The Hall–Kier alpha value is -1.23. The average Bonchev–Trinajstić information content (AvgIpc) is 2.11. The Balaban J connectivity index is 5.33. The molecule has 0 saturated carbocycles. The molecule has 0 aromatic rings. The number of carbonyl (C=O) groups excluding carboxylic acids is 1. The van der Waals surface area contributed by atoms with Crippen molar-refractivity contribution in [2.45, 2.75) is 25.8 Å². The van der Waals surface area contributed by atoms with E-state index in [1.54, 1.807) is 0 Å². The second-order valence-electron chi connectivity index (χ2n) is 4.25. The Kier molecular flexibility index (Phi) is 5.44. The van der Waals surface area contributed by atoms with E-state index in [0.717, 1.165) is 6.08 Å². The Labute approximate surface area is 111 Å². The first-order valence-electron chi connectivity index (χ1n) is 4.89. The van der Waals surface area contributed by atoms with E-state index in [9.17, 15) is 21.6 Å². The van der Waals surface area contributed by atoms with Gasteiger partial charge in [-0.15, -0.1) is 0 Å². The molecule has 0 rings (SSSR count). The molecule has 3 N–H and O–H groups in total. The number of hydrogen-bond acceptors (Lipinski definition) is 5. The normalized spacial score (nSPS) is 12.6. The molecule has 0 atom stereocenters. The van der Waals surface area contributed by atoms with Crippen LogP contribution in [0.15, 0.2) is 23.0 Å². The average molecular weight is 313 g/mol. The molecule has 0 aliphatic heterocycles. The number of carbonyl (C=O) groups is 1. The number of amides is 1. The van der Waals surface area contributed by atoms with Crippen LogP contribution in [-0.2, 0) is 25.0 Å². The quantitative estimate of drug-likeness (QED) is 0.466. The standard InChI is InChI=1S/C9H15NO7S2/c1-4-7(11)10-9(2,3)6-5-8(18(12,13)14)19(15,16)17/h4-5H,1,6H2,2-3H3,(H,10,11)(H,12,13,14)(H,15,16,17). The number of hydrogen-bond donors (Lipinski definition) is 3. The summed E-state index contributed by atoms with van der Waals surface area (Å²) in [4.78, 5) is 11.1. The van der Waals surface area contributed by atoms with Crippen LogP contribution in [0.2, 0.25) is 0 Å². The third kappa shape index (κ3) is 6.47. The molecule has 0 radical (unpaired) electrons. The summed E-state index contributed by atoms with van der Waals surface area (Å²) in [5, 5.41) is 2.41. The fourth-order valence-corrected chi connectivity index (χ4v) is 2.77. The van der Waals surface area contributed by atoms with Gasteiger partial charge >= 0.3 is 20.2 Å². The van der Waals surface area contributed by atoms with Crippen LogP contribution in [0.4, 0.5) is 0 Å². The van der Waals surface area contributed by atoms with E-state index >= 15 is 0 Å². The molecule has 0 aromatic heterocycles. The molecule has 0 fully saturated rings. The van der Waals surface area contributed by atoms with Gasteiger partial charge in [0.05, 0.1) is 0 Å². The summed E-state index contributed by atoms with van der Waals surface area (Å²) in [5.41, 5.74) is -1.01. The zero-order valence-corrected chi connectivity index (χ0v) is 12.0. The lowest BCUT2D eigenvalue weighted by atomic mass is 10.0. The molecule has 0 unspecified atom stereocenters. The summed E-state index contributed by atoms with van der Waals surface area (Å²) in [5.74, 6) is -0.543. The van der Waals surface area contributed by atoms with E-state index in [4.69, 9.17) is 9.11 Å². The molecule has 0 aliphatic rings. The molecule has 0 saturated heterocycles. The van der Waals surface area contributed by atoms with E-state index in [1.165, 1.54) is 13.8 Å². The van der Waals surface area contributed by atoms with E-state index in [0.29, 0.717) is 6.08 Å². The van der Waals surface area contributed by atoms with Crippen molar-refractivity contribution in [3.8, 4) is 0 Å². The maximum Gasteiger partial charge on any atom is 0.307 e. The molecule has 0 aliphatic carbocycles. The molecule has 19 heavy (non-hydrogen) atoms. The highest BCUT2D eigenvalue weighted by atomic mass is 32.3. The monoisotopic (exact) mass is 313 g/mol. The van der Waals surface area contributed by atoms with Crippen molar-refractivity contribution in [3.63, 3.8) is 0 Å². The second kappa shape index (κ2) is 5.82. The van der Waals surface area contributed by atoms with Gasteiger partial charge in [-0.25, -0.2) is 0 Å². The van der Waals surface area contributed by atoms with E-state index < -0.39 is 35.9 Å². The van der Waals surface area contributed by atoms with Crippen LogP contribution in [-0.4, -0.2) is 37.4 Å². The Morgan fingerprint density at radius 2 is 1.63 bits per heavy atom. The predicted molar refractivity (Wildman–Crippen MR) is 68.2 cm³/mol. The first kappa shape index (κ1) is 17.8. The third-order valence-corrected chi connectivity index (χ3v) is 4.55. The van der Waals surface area contributed by atoms with Gasteiger partial charge in [0.15, 0.2) is 0 Å². The summed E-state index contributed by atoms with van der Waals surface area (Å²) in [6.45, 7) is 6.18. The molecule has 110 valence electrons. The molecule has 8 nitrogen and oxygen atoms in total. The summed E-state index contributed by atoms with van der Waals surface area (Å²) in [6, 6.07) is 0. The topological polar surface area (TPSA) is 138 Å². The first-order chi connectivity index (χ1) is 8.29. The Morgan fingerprint density at radius 3 is 1.95 bits per heavy atom. The van der Waals surface area contributed by atoms with Crippen molar-refractivity contribution in [3.05, 3.63) is 23.0 Å². The van der Waals surface area contributed by atoms with Crippen LogP contribution in [0.25, 0.3) is 0 Å². The minimum Gasteiger partial charge on any atom is -0.347 e. The lowest BCUT2D eigenvalue weighted by Gasteiger charge is -2.24. The first-order valence-corrected chi connectivity index (χ1v) is 7.77. The lowest BCUT2D eigenvalue weighted by molar-refractivity contribution is -0.117. The minimum atomic E-state index is -5.09. The summed E-state index contributed by atoms with van der Waals surface area (Å²) in [7, 11) is -10.2. The highest BCUT2D eigenvalue weighted by Crippen LogP contribution is 2.17. The molecule has 0 spiro atoms. The van der Waals surface area contributed by atoms with Crippen molar-refractivity contribution in [1.82, 2.24) is 5.32 Å². The van der Waals surface area contributed by atoms with Gasteiger partial charge in [-0.2, -0.15) is 16.8 Å². The van der Waals surface area contributed by atoms with Gasteiger partial charge in [-0.3, -0.25) is 13.9 Å². The van der Waals surface area contributed by atoms with Crippen molar-refractivity contribution in [1.29, 1.82) is 0 Å². The molecular weight excluding hydrogens is 298 g/mol. The molecule has 1 amide bonds. The van der Waals surface area contributed by atoms with Crippen LogP contribution < -0.4 is 5.32 Å². The minimum absolute atomic E-state index is 0.262. The summed E-state index contributed by atoms with van der Waals surface area (Å²) >= 11 is 0. The summed E-state index contributed by atoms with van der Waals surface area (Å²) < 4.78 is 59.1. The molecule has 0 aromatic carbocycles. The number of rotatable bonds is 6. The van der Waals surface area contributed by atoms with Crippen molar-refractivity contribution < 1.29 is 30.7 Å². The smallest absolute Gasteiger partial charge is 0.307 e. The van der Waals surface area contributed by atoms with Gasteiger partial charge in [-0.1, -0.05) is 6.58 Å². The largest absolute Gasteiger partial charge is 0.347 e. The van der Waals surface area contributed by atoms with E-state index in [-0.39, 0.29) is 6.42 Å². The van der Waals surface area contributed by atoms with Gasteiger partial charge in [-0.05, 0) is 32.4 Å². The van der Waals surface area contributed by atoms with Crippen LogP contribution in [0, 0.1) is 0 Å². The van der Waals surface area contributed by atoms with E-state index in [1.807, 2.05) is 0 Å². The van der Waals surface area contributed by atoms with Crippen LogP contribution in [0.1, 0.15) is 20.3 Å². The van der Waals surface area contributed by atoms with Gasteiger partial charge in [0.25, 0.3) is 0 Å². The van der Waals surface area contributed by atoms with Gasteiger partial charge < -0.3 is 5.32 Å². The van der Waals surface area contributed by atoms with E-state index in [2.05, 4.69) is 11.9 Å². The van der Waals surface area contributed by atoms with Crippen LogP contribution in [0.3, 0.4) is 0 Å². The third-order valence-electron chi connectivity index (χ3n) is 1.93. The predicted octanol–water partition coefficient (Wildman–Crippen LogP) is 0.0743. The van der Waals surface area contributed by atoms with Crippen LogP contribution in [0.5, 0.6) is 0 Å². The Morgan fingerprint density at radius 1 is 1.21 bits per heavy atom. The Bertz CT molecular complexity index is 564. The van der Waals surface area contributed by atoms with Crippen molar-refractivity contribution in [2.24, 2.45) is 0 Å². The maximum absolute atomic E-state index is 11.1. The van der Waals surface area contributed by atoms with Crippen molar-refractivity contribution in [2.75, 3.05) is 0 Å². The van der Waals surface area contributed by atoms with Gasteiger partial charge in [0.1, 0.15) is 0 Å². The molecule has 0 heterocycles. The summed E-state index contributed by atoms with van der Waals surface area (Å²) in [6.07, 6.45) is 1.33. The second-order valence-corrected chi connectivity index (χ2v) is 7.29. The zero-order valence-electron chi connectivity index (χ0n) is 10.3. The van der Waals surface area contributed by atoms with Crippen molar-refractivity contribution >= 4 is 26.1 Å². The molecular formula is C9H15NO7S2. The fraction of sp³-hybridized carbons (Fsp3) is 0.444. The SMILES string of the molecule is C=CC(=O)NC(C)(C)CC=C(S(=O)(=O)O)S(=O)(=O)O. The fourth-order valence-electron chi connectivity index (χ4n) is 1.12. The maximum atomic E-state index is 11.1. The highest BCUT2D eigenvalue weighted by molar-refractivity contribution is 8.09. The molecule has 0 bridgehead atoms. The molecule has 10 heteroatoms.